The molecule has 7 heteroatoms. The summed E-state index contributed by atoms with van der Waals surface area (Å²) in [7, 11) is 0. The van der Waals surface area contributed by atoms with E-state index in [0.717, 1.165) is 0 Å². The molecule has 3 heterocycles. The third-order valence-electron chi connectivity index (χ3n) is 4.43. The average molecular weight is 353 g/mol. The maximum absolute atomic E-state index is 7.65. The molecular weight excluding hydrogens is 326 g/mol. The first-order chi connectivity index (χ1) is 12.8. The van der Waals surface area contributed by atoms with Crippen LogP contribution in [0.5, 0.6) is 5.75 Å². The zero-order chi connectivity index (χ0) is 19.2. The first-order valence-electron chi connectivity index (χ1n) is 9.70. The van der Waals surface area contributed by atoms with E-state index >= 15 is 0 Å². The molecule has 1 aromatic carbocycles. The van der Waals surface area contributed by atoms with Gasteiger partial charge in [-0.25, -0.2) is 0 Å². The van der Waals surface area contributed by atoms with Gasteiger partial charge < -0.3 is 34.2 Å². The smallest absolute Gasteiger partial charge is 0.191 e. The molecule has 0 bridgehead atoms. The predicted molar refractivity (Wildman–Crippen MR) is 88.9 cm³/mol. The Hall–Kier alpha value is -1.38. The fourth-order valence-corrected chi connectivity index (χ4v) is 3.38. The number of hydrogen-bond donors (Lipinski definition) is 1. The van der Waals surface area contributed by atoms with Gasteiger partial charge in [0.2, 0.25) is 0 Å². The van der Waals surface area contributed by atoms with E-state index in [1.807, 2.05) is 0 Å². The van der Waals surface area contributed by atoms with Crippen molar-refractivity contribution in [3.05, 3.63) is 24.3 Å². The van der Waals surface area contributed by atoms with Crippen LogP contribution in [0.3, 0.4) is 0 Å². The molecule has 3 fully saturated rings. The summed E-state index contributed by atoms with van der Waals surface area (Å²) < 4.78 is 50.9. The lowest BCUT2D eigenvalue weighted by Crippen LogP contribution is -2.45. The molecular formula is C18H25NO6. The van der Waals surface area contributed by atoms with Crippen LogP contribution in [0.1, 0.15) is 30.4 Å². The maximum Gasteiger partial charge on any atom is 0.191 e. The van der Waals surface area contributed by atoms with Crippen molar-refractivity contribution in [2.45, 2.75) is 69.9 Å². The summed E-state index contributed by atoms with van der Waals surface area (Å²) in [6.45, 7) is 3.66. The molecule has 0 aromatic heterocycles. The van der Waals surface area contributed by atoms with E-state index in [2.05, 4.69) is 0 Å². The van der Waals surface area contributed by atoms with E-state index < -0.39 is 42.3 Å². The Bertz CT molecular complexity index is 678. The van der Waals surface area contributed by atoms with Gasteiger partial charge in [-0.1, -0.05) is 0 Å². The van der Waals surface area contributed by atoms with Crippen LogP contribution in [-0.2, 0) is 23.7 Å². The molecule has 4 rings (SSSR count). The lowest BCUT2D eigenvalue weighted by atomic mass is 10.1. The Morgan fingerprint density at radius 3 is 2.52 bits per heavy atom. The van der Waals surface area contributed by atoms with Crippen LogP contribution in [0.25, 0.3) is 0 Å². The zero-order valence-corrected chi connectivity index (χ0v) is 14.3. The molecule has 0 spiro atoms. The quantitative estimate of drug-likeness (QED) is 0.833. The molecule has 1 aromatic rings. The molecule has 0 amide bonds. The largest absolute Gasteiger partial charge is 0.485 e. The van der Waals surface area contributed by atoms with Gasteiger partial charge in [0.25, 0.3) is 0 Å². The Kier molecular flexibility index (Phi) is 3.44. The number of hydrogen-bond acceptors (Lipinski definition) is 7. The van der Waals surface area contributed by atoms with Crippen molar-refractivity contribution < 1.29 is 31.2 Å². The van der Waals surface area contributed by atoms with Gasteiger partial charge in [-0.15, -0.1) is 0 Å². The number of nitrogen functional groups attached to an aromatic ring is 1. The summed E-state index contributed by atoms with van der Waals surface area (Å²) in [5.74, 6) is -1.38. The molecule has 7 atom stereocenters. The maximum atomic E-state index is 7.65. The summed E-state index contributed by atoms with van der Waals surface area (Å²) in [5.41, 5.74) is 6.39. The van der Waals surface area contributed by atoms with Gasteiger partial charge in [-0.05, 0) is 51.9 Å². The van der Waals surface area contributed by atoms with Crippen LogP contribution in [0.4, 0.5) is 5.69 Å². The molecule has 3 aliphatic rings. The van der Waals surface area contributed by atoms with Crippen molar-refractivity contribution in [3.8, 4) is 5.75 Å². The number of benzene rings is 1. The highest BCUT2D eigenvalue weighted by Gasteiger charge is 2.59. The van der Waals surface area contributed by atoms with E-state index in [1.54, 1.807) is 38.1 Å². The third kappa shape index (κ3) is 3.35. The number of fused-ring (bicyclic) bond motifs is 1. The van der Waals surface area contributed by atoms with Gasteiger partial charge in [0.05, 0.1) is 6.61 Å². The van der Waals surface area contributed by atoms with E-state index in [9.17, 15) is 0 Å². The van der Waals surface area contributed by atoms with Crippen LogP contribution in [0, 0.1) is 0 Å². The SMILES string of the molecule is [2H]CC1(C)OC[C@H]([C@H]2OC3OC(C)(C[2H])O[C@@H]3[C@H]2Oc2ccc(N)cc2)O1. The lowest BCUT2D eigenvalue weighted by Gasteiger charge is -2.29. The van der Waals surface area contributed by atoms with Crippen LogP contribution >= 0.6 is 0 Å². The van der Waals surface area contributed by atoms with E-state index in [-0.39, 0.29) is 20.4 Å². The number of rotatable bonds is 3. The Labute approximate surface area is 150 Å². The van der Waals surface area contributed by atoms with Crippen LogP contribution in [0.2, 0.25) is 0 Å². The minimum atomic E-state index is -1.04. The second-order valence-corrected chi connectivity index (χ2v) is 7.06. The highest BCUT2D eigenvalue weighted by molar-refractivity contribution is 5.41. The van der Waals surface area contributed by atoms with Crippen molar-refractivity contribution in [1.29, 1.82) is 0 Å². The van der Waals surface area contributed by atoms with Crippen LogP contribution < -0.4 is 10.5 Å². The highest BCUT2D eigenvalue weighted by Crippen LogP contribution is 2.42. The van der Waals surface area contributed by atoms with Gasteiger partial charge in [-0.2, -0.15) is 0 Å². The van der Waals surface area contributed by atoms with Crippen molar-refractivity contribution >= 4 is 5.69 Å². The van der Waals surface area contributed by atoms with Gasteiger partial charge in [0.1, 0.15) is 18.0 Å². The molecule has 3 aliphatic heterocycles. The standard InChI is InChI=1S/C18H25NO6/c1-17(2)20-9-12(23-17)13-14(21-11-7-5-10(19)6-8-11)15-16(22-13)25-18(3,4)24-15/h5-8,12-16H,9,19H2,1-4H3/t12-,13-,14+,15-,16?/m1/s1/i1D,3D/t12-,13-,14+,15-,16?,17?,18?. The summed E-state index contributed by atoms with van der Waals surface area (Å²) >= 11 is 0. The Balaban J connectivity index is 1.56. The van der Waals surface area contributed by atoms with Gasteiger partial charge in [0.15, 0.2) is 30.1 Å². The van der Waals surface area contributed by atoms with E-state index in [4.69, 9.17) is 36.9 Å². The van der Waals surface area contributed by atoms with Gasteiger partial charge in [0, 0.05) is 8.43 Å². The van der Waals surface area contributed by atoms with Crippen molar-refractivity contribution in [3.63, 3.8) is 0 Å². The predicted octanol–water partition coefficient (Wildman–Crippen LogP) is 2.04. The first kappa shape index (κ1) is 14.8. The molecule has 0 radical (unpaired) electrons. The van der Waals surface area contributed by atoms with Crippen molar-refractivity contribution in [2.75, 3.05) is 12.3 Å². The normalized spacial score (nSPS) is 47.4. The van der Waals surface area contributed by atoms with Crippen LogP contribution in [0.15, 0.2) is 24.3 Å². The molecule has 7 nitrogen and oxygen atoms in total. The second kappa shape index (κ2) is 5.82. The molecule has 25 heavy (non-hydrogen) atoms. The molecule has 3 saturated heterocycles. The fourth-order valence-electron chi connectivity index (χ4n) is 3.38. The average Bonchev–Trinajstić information content (AvgIpc) is 3.30. The Morgan fingerprint density at radius 2 is 1.84 bits per heavy atom. The number of anilines is 1. The summed E-state index contributed by atoms with van der Waals surface area (Å²) in [5, 5.41) is 0. The van der Waals surface area contributed by atoms with E-state index in [0.29, 0.717) is 11.4 Å². The number of nitrogens with two attached hydrogens (primary N) is 1. The van der Waals surface area contributed by atoms with Gasteiger partial charge in [-0.3, -0.25) is 0 Å². The monoisotopic (exact) mass is 353 g/mol. The number of ether oxygens (including phenoxy) is 6. The van der Waals surface area contributed by atoms with Crippen molar-refractivity contribution in [1.82, 2.24) is 0 Å². The van der Waals surface area contributed by atoms with Gasteiger partial charge >= 0.3 is 0 Å². The summed E-state index contributed by atoms with van der Waals surface area (Å²) in [4.78, 5) is 0. The molecule has 0 aliphatic carbocycles. The Morgan fingerprint density at radius 1 is 1.08 bits per heavy atom. The highest BCUT2D eigenvalue weighted by atomic mass is 16.8. The topological polar surface area (TPSA) is 81.4 Å². The molecule has 0 saturated carbocycles. The van der Waals surface area contributed by atoms with E-state index in [1.165, 1.54) is 0 Å². The third-order valence-corrected chi connectivity index (χ3v) is 4.43. The first-order valence-corrected chi connectivity index (χ1v) is 8.28. The zero-order valence-electron chi connectivity index (χ0n) is 16.3. The summed E-state index contributed by atoms with van der Waals surface area (Å²) in [6, 6.07) is 7.06. The minimum Gasteiger partial charge on any atom is -0.485 e. The minimum absolute atomic E-state index is 0.0174. The fraction of sp³-hybridized carbons (Fsp3) is 0.667. The molecule has 3 unspecified atom stereocenters. The summed E-state index contributed by atoms with van der Waals surface area (Å²) in [6.07, 6.45) is -2.60. The lowest BCUT2D eigenvalue weighted by molar-refractivity contribution is -0.230. The van der Waals surface area contributed by atoms with Crippen molar-refractivity contribution in [2.24, 2.45) is 0 Å². The second-order valence-electron chi connectivity index (χ2n) is 7.06. The molecule has 2 N–H and O–H groups in total. The van der Waals surface area contributed by atoms with Crippen LogP contribution in [-0.4, -0.2) is 48.9 Å². The molecule has 138 valence electrons.